The van der Waals surface area contributed by atoms with Gasteiger partial charge in [-0.25, -0.2) is 14.3 Å². The van der Waals surface area contributed by atoms with E-state index in [1.54, 1.807) is 46.2 Å². The number of hydrogen-bond acceptors (Lipinski definition) is 9. The number of aromatic nitrogens is 3. The predicted octanol–water partition coefficient (Wildman–Crippen LogP) is 4.12. The number of hydrogen-bond donors (Lipinski definition) is 2. The van der Waals surface area contributed by atoms with Gasteiger partial charge in [0.25, 0.3) is 5.56 Å². The quantitative estimate of drug-likeness (QED) is 0.350. The van der Waals surface area contributed by atoms with Gasteiger partial charge in [0.05, 0.1) is 18.4 Å². The second-order valence-corrected chi connectivity index (χ2v) is 9.39. The Hall–Kier alpha value is -3.73. The zero-order valence-corrected chi connectivity index (χ0v) is 21.2. The Balaban J connectivity index is 1.94. The third-order valence-electron chi connectivity index (χ3n) is 4.76. The summed E-state index contributed by atoms with van der Waals surface area (Å²) < 4.78 is 11.9. The van der Waals surface area contributed by atoms with Crippen molar-refractivity contribution in [2.75, 3.05) is 18.5 Å². The van der Waals surface area contributed by atoms with E-state index in [-0.39, 0.29) is 24.4 Å². The maximum atomic E-state index is 13.3. The molecule has 0 aromatic carbocycles. The lowest BCUT2D eigenvalue weighted by molar-refractivity contribution is 0.0434. The highest BCUT2D eigenvalue weighted by Crippen LogP contribution is 2.29. The summed E-state index contributed by atoms with van der Waals surface area (Å²) in [7, 11) is 0. The molecule has 3 rings (SSSR count). The molecule has 10 nitrogen and oxygen atoms in total. The standard InChI is InChI=1S/C24H29N5O5S/c1-6-29-21(30)20(27-17-13-25-9-7-15(17)2)18(19(28-29)16-8-12-35-14-16)22(31)33-11-10-26-23(32)34-24(3,4)5/h7-9,12-14,27H,6,10-11H2,1-5H3,(H,26,32). The Kier molecular flexibility index (Phi) is 8.23. The number of amides is 1. The molecule has 3 heterocycles. The summed E-state index contributed by atoms with van der Waals surface area (Å²) in [5.74, 6) is -0.742. The first kappa shape index (κ1) is 25.9. The molecule has 0 unspecified atom stereocenters. The van der Waals surface area contributed by atoms with Crippen LogP contribution in [0.4, 0.5) is 16.2 Å². The fraction of sp³-hybridized carbons (Fsp3) is 0.375. The molecule has 35 heavy (non-hydrogen) atoms. The van der Waals surface area contributed by atoms with E-state index in [1.165, 1.54) is 16.0 Å². The van der Waals surface area contributed by atoms with Crippen LogP contribution in [0.25, 0.3) is 11.3 Å². The van der Waals surface area contributed by atoms with Gasteiger partial charge in [-0.2, -0.15) is 16.4 Å². The van der Waals surface area contributed by atoms with Crippen LogP contribution in [0.15, 0.2) is 40.1 Å². The number of nitrogens with one attached hydrogen (secondary N) is 2. The molecule has 1 amide bonds. The van der Waals surface area contributed by atoms with E-state index < -0.39 is 23.2 Å². The number of rotatable bonds is 8. The monoisotopic (exact) mass is 499 g/mol. The molecule has 0 aliphatic carbocycles. The molecule has 3 aromatic heterocycles. The van der Waals surface area contributed by atoms with E-state index in [1.807, 2.05) is 23.8 Å². The molecular weight excluding hydrogens is 470 g/mol. The molecule has 0 fully saturated rings. The van der Waals surface area contributed by atoms with Crippen molar-refractivity contribution in [2.24, 2.45) is 0 Å². The first-order chi connectivity index (χ1) is 16.6. The predicted molar refractivity (Wildman–Crippen MR) is 134 cm³/mol. The number of esters is 1. The minimum atomic E-state index is -0.742. The van der Waals surface area contributed by atoms with Crippen LogP contribution in [0.3, 0.4) is 0 Å². The first-order valence-corrected chi connectivity index (χ1v) is 12.0. The maximum Gasteiger partial charge on any atom is 0.407 e. The van der Waals surface area contributed by atoms with Crippen LogP contribution in [0, 0.1) is 6.92 Å². The van der Waals surface area contributed by atoms with Crippen LogP contribution < -0.4 is 16.2 Å². The van der Waals surface area contributed by atoms with Gasteiger partial charge in [-0.05, 0) is 57.7 Å². The van der Waals surface area contributed by atoms with Gasteiger partial charge in [-0.3, -0.25) is 9.78 Å². The zero-order valence-electron chi connectivity index (χ0n) is 20.4. The van der Waals surface area contributed by atoms with E-state index in [0.717, 1.165) is 5.56 Å². The number of nitrogens with zero attached hydrogens (tertiary/aromatic N) is 3. The summed E-state index contributed by atoms with van der Waals surface area (Å²) in [5.41, 5.74) is 1.38. The molecule has 0 radical (unpaired) electrons. The number of ether oxygens (including phenoxy) is 2. The molecular formula is C24H29N5O5S. The van der Waals surface area contributed by atoms with Crippen LogP contribution in [0.1, 0.15) is 43.6 Å². The Morgan fingerprint density at radius 2 is 2.00 bits per heavy atom. The van der Waals surface area contributed by atoms with Gasteiger partial charge < -0.3 is 20.1 Å². The smallest absolute Gasteiger partial charge is 0.407 e. The third kappa shape index (κ3) is 6.66. The minimum Gasteiger partial charge on any atom is -0.460 e. The number of alkyl carbamates (subject to hydrolysis) is 1. The van der Waals surface area contributed by atoms with Crippen molar-refractivity contribution in [3.05, 3.63) is 56.8 Å². The van der Waals surface area contributed by atoms with Crippen molar-refractivity contribution in [3.63, 3.8) is 0 Å². The molecule has 0 aliphatic heterocycles. The molecule has 0 aliphatic rings. The summed E-state index contributed by atoms with van der Waals surface area (Å²) >= 11 is 1.44. The van der Waals surface area contributed by atoms with E-state index in [9.17, 15) is 14.4 Å². The van der Waals surface area contributed by atoms with Crippen molar-refractivity contribution in [2.45, 2.75) is 46.8 Å². The Bertz CT molecular complexity index is 1250. The fourth-order valence-electron chi connectivity index (χ4n) is 3.11. The number of carbonyl (C=O) groups excluding carboxylic acids is 2. The number of thiophene rings is 1. The third-order valence-corrected chi connectivity index (χ3v) is 5.44. The maximum absolute atomic E-state index is 13.3. The van der Waals surface area contributed by atoms with E-state index in [2.05, 4.69) is 20.7 Å². The molecule has 0 saturated carbocycles. The molecule has 0 atom stereocenters. The van der Waals surface area contributed by atoms with Crippen LogP contribution in [-0.2, 0) is 16.0 Å². The van der Waals surface area contributed by atoms with Crippen LogP contribution in [0.2, 0.25) is 0 Å². The summed E-state index contributed by atoms with van der Waals surface area (Å²) in [6.07, 6.45) is 2.60. The van der Waals surface area contributed by atoms with E-state index in [0.29, 0.717) is 23.5 Å². The first-order valence-electron chi connectivity index (χ1n) is 11.1. The summed E-state index contributed by atoms with van der Waals surface area (Å²) in [4.78, 5) is 42.5. The molecule has 186 valence electrons. The summed E-state index contributed by atoms with van der Waals surface area (Å²) in [6, 6.07) is 3.61. The Labute approximate surface area is 207 Å². The normalized spacial score (nSPS) is 11.1. The van der Waals surface area contributed by atoms with E-state index in [4.69, 9.17) is 9.47 Å². The van der Waals surface area contributed by atoms with Crippen LogP contribution in [-0.4, -0.2) is 45.6 Å². The Morgan fingerprint density at radius 3 is 2.63 bits per heavy atom. The molecule has 3 aromatic rings. The van der Waals surface area contributed by atoms with Crippen LogP contribution in [0.5, 0.6) is 0 Å². The minimum absolute atomic E-state index is 0.0126. The van der Waals surface area contributed by atoms with Crippen molar-refractivity contribution in [3.8, 4) is 11.3 Å². The van der Waals surface area contributed by atoms with Crippen LogP contribution >= 0.6 is 11.3 Å². The summed E-state index contributed by atoms with van der Waals surface area (Å²) in [6.45, 7) is 9.15. The lowest BCUT2D eigenvalue weighted by Gasteiger charge is -2.20. The highest BCUT2D eigenvalue weighted by molar-refractivity contribution is 7.08. The second kappa shape index (κ2) is 11.1. The van der Waals surface area contributed by atoms with Gasteiger partial charge in [-0.15, -0.1) is 0 Å². The molecule has 11 heteroatoms. The number of anilines is 2. The van der Waals surface area contributed by atoms with Gasteiger partial charge in [0.2, 0.25) is 0 Å². The largest absolute Gasteiger partial charge is 0.460 e. The topological polar surface area (TPSA) is 124 Å². The molecule has 0 spiro atoms. The van der Waals surface area contributed by atoms with Crippen molar-refractivity contribution in [1.29, 1.82) is 0 Å². The van der Waals surface area contributed by atoms with Crippen molar-refractivity contribution < 1.29 is 19.1 Å². The average molecular weight is 500 g/mol. The van der Waals surface area contributed by atoms with Gasteiger partial charge in [0, 0.05) is 23.7 Å². The number of carbonyl (C=O) groups is 2. The molecule has 0 bridgehead atoms. The number of pyridine rings is 1. The van der Waals surface area contributed by atoms with Crippen molar-refractivity contribution in [1.82, 2.24) is 20.1 Å². The SMILES string of the molecule is CCn1nc(-c2ccsc2)c(C(=O)OCCNC(=O)OC(C)(C)C)c(Nc2cnccc2C)c1=O. The lowest BCUT2D eigenvalue weighted by Crippen LogP contribution is -2.34. The van der Waals surface area contributed by atoms with Gasteiger partial charge in [0.15, 0.2) is 0 Å². The molecule has 2 N–H and O–H groups in total. The number of aryl methyl sites for hydroxylation is 2. The zero-order chi connectivity index (χ0) is 25.6. The lowest BCUT2D eigenvalue weighted by atomic mass is 10.1. The highest BCUT2D eigenvalue weighted by Gasteiger charge is 2.26. The van der Waals surface area contributed by atoms with Gasteiger partial charge in [0.1, 0.15) is 29.2 Å². The highest BCUT2D eigenvalue weighted by atomic mass is 32.1. The van der Waals surface area contributed by atoms with E-state index >= 15 is 0 Å². The van der Waals surface area contributed by atoms with Gasteiger partial charge in [-0.1, -0.05) is 0 Å². The Morgan fingerprint density at radius 1 is 1.23 bits per heavy atom. The van der Waals surface area contributed by atoms with Gasteiger partial charge >= 0.3 is 12.1 Å². The summed E-state index contributed by atoms with van der Waals surface area (Å²) in [5, 5.41) is 13.8. The fourth-order valence-corrected chi connectivity index (χ4v) is 3.75. The molecule has 0 saturated heterocycles. The second-order valence-electron chi connectivity index (χ2n) is 8.61. The van der Waals surface area contributed by atoms with Crippen molar-refractivity contribution >= 4 is 34.8 Å². The average Bonchev–Trinajstić information content (AvgIpc) is 3.32.